The minimum atomic E-state index is -4.62. The smallest absolute Gasteiger partial charge is 0.313 e. The largest absolute Gasteiger partial charge is 0.433 e. The van der Waals surface area contributed by atoms with Gasteiger partial charge in [-0.3, -0.25) is 15.2 Å². The van der Waals surface area contributed by atoms with Crippen LogP contribution in [0.15, 0.2) is 41.2 Å². The van der Waals surface area contributed by atoms with Crippen LogP contribution in [0.2, 0.25) is 5.02 Å². The van der Waals surface area contributed by atoms with Crippen molar-refractivity contribution in [2.75, 3.05) is 5.01 Å². The zero-order chi connectivity index (χ0) is 17.5. The van der Waals surface area contributed by atoms with E-state index in [0.29, 0.717) is 6.20 Å². The quantitative estimate of drug-likeness (QED) is 0.717. The first kappa shape index (κ1) is 16.3. The van der Waals surface area contributed by atoms with E-state index in [2.05, 4.69) is 15.5 Å². The van der Waals surface area contributed by atoms with Crippen molar-refractivity contribution in [3.8, 4) is 11.3 Å². The number of aromatic amines is 1. The van der Waals surface area contributed by atoms with Crippen molar-refractivity contribution in [1.82, 2.24) is 20.9 Å². The fourth-order valence-corrected chi connectivity index (χ4v) is 2.24. The Morgan fingerprint density at radius 3 is 2.62 bits per heavy atom. The lowest BCUT2D eigenvalue weighted by Gasteiger charge is -2.19. The Balaban J connectivity index is 2.15. The van der Waals surface area contributed by atoms with Crippen LogP contribution in [0.3, 0.4) is 0 Å². The molecule has 0 spiro atoms. The summed E-state index contributed by atoms with van der Waals surface area (Å²) in [5, 5.41) is 0.656. The number of H-pyrrole nitrogens is 1. The second kappa shape index (κ2) is 5.80. The van der Waals surface area contributed by atoms with Gasteiger partial charge >= 0.3 is 6.18 Å². The molecule has 0 amide bonds. The van der Waals surface area contributed by atoms with Crippen molar-refractivity contribution in [3.05, 3.63) is 57.6 Å². The third-order valence-electron chi connectivity index (χ3n) is 3.14. The van der Waals surface area contributed by atoms with E-state index in [4.69, 9.17) is 11.6 Å². The summed E-state index contributed by atoms with van der Waals surface area (Å²) in [6.07, 6.45) is -2.86. The van der Waals surface area contributed by atoms with Gasteiger partial charge in [-0.25, -0.2) is 9.37 Å². The molecule has 1 aliphatic heterocycles. The van der Waals surface area contributed by atoms with Gasteiger partial charge in [0.05, 0.1) is 34.5 Å². The van der Waals surface area contributed by atoms with Gasteiger partial charge in [0.1, 0.15) is 0 Å². The number of hydrogen-bond acceptors (Lipinski definition) is 5. The van der Waals surface area contributed by atoms with E-state index < -0.39 is 23.2 Å². The molecule has 0 radical (unpaired) electrons. The minimum absolute atomic E-state index is 0.0123. The summed E-state index contributed by atoms with van der Waals surface area (Å²) >= 11 is 5.74. The van der Waals surface area contributed by atoms with E-state index in [1.54, 1.807) is 0 Å². The lowest BCUT2D eigenvalue weighted by Crippen LogP contribution is -2.38. The fraction of sp³-hybridized carbons (Fsp3) is 0.0769. The average molecular weight is 362 g/mol. The molecule has 3 rings (SSSR count). The standard InChI is InChI=1S/C13H8ClF4N5O/c14-6-1-2-8(23-4-9(21-22-23)13(16,17)18)11(12(6)15)7-3-10(24)20-5-19-7/h1-5,21-22H,(H,19,20,24). The topological polar surface area (TPSA) is 73.1 Å². The van der Waals surface area contributed by atoms with Gasteiger partial charge in [0, 0.05) is 6.07 Å². The molecule has 0 atom stereocenters. The zero-order valence-electron chi connectivity index (χ0n) is 11.6. The Bertz CT molecular complexity index is 879. The number of nitrogens with one attached hydrogen (secondary N) is 3. The molecule has 126 valence electrons. The molecule has 0 saturated heterocycles. The van der Waals surface area contributed by atoms with E-state index in [1.165, 1.54) is 12.1 Å². The first-order valence-corrected chi connectivity index (χ1v) is 6.78. The van der Waals surface area contributed by atoms with Crippen LogP contribution in [-0.4, -0.2) is 16.1 Å². The summed E-state index contributed by atoms with van der Waals surface area (Å²) in [4.78, 5) is 17.5. The maximum Gasteiger partial charge on any atom is 0.433 e. The molecule has 0 unspecified atom stereocenters. The first-order chi connectivity index (χ1) is 11.3. The highest BCUT2D eigenvalue weighted by atomic mass is 35.5. The molecule has 24 heavy (non-hydrogen) atoms. The SMILES string of the molecule is O=c1cc(-c2c(N3C=C(C(F)(F)F)NN3)ccc(Cl)c2F)nc[nH]1. The average Bonchev–Trinajstić information content (AvgIpc) is 2.99. The van der Waals surface area contributed by atoms with Gasteiger partial charge in [-0.2, -0.15) is 13.2 Å². The number of halogens is 5. The van der Waals surface area contributed by atoms with Gasteiger partial charge in [-0.1, -0.05) is 11.6 Å². The number of hydrogen-bond donors (Lipinski definition) is 3. The van der Waals surface area contributed by atoms with Crippen molar-refractivity contribution in [3.63, 3.8) is 0 Å². The van der Waals surface area contributed by atoms with Crippen molar-refractivity contribution in [2.24, 2.45) is 0 Å². The Kier molecular flexibility index (Phi) is 3.93. The molecule has 6 nitrogen and oxygen atoms in total. The molecule has 2 aromatic rings. The predicted molar refractivity (Wildman–Crippen MR) is 78.2 cm³/mol. The van der Waals surface area contributed by atoms with Gasteiger partial charge < -0.3 is 4.98 Å². The maximum absolute atomic E-state index is 14.5. The first-order valence-electron chi connectivity index (χ1n) is 6.40. The number of benzene rings is 1. The van der Waals surface area contributed by atoms with Gasteiger partial charge in [0.25, 0.3) is 5.56 Å². The van der Waals surface area contributed by atoms with Crippen LogP contribution < -0.4 is 21.5 Å². The maximum atomic E-state index is 14.5. The molecule has 2 heterocycles. The van der Waals surface area contributed by atoms with Crippen LogP contribution in [0.4, 0.5) is 23.2 Å². The number of nitrogens with zero attached hydrogens (tertiary/aromatic N) is 2. The highest BCUT2D eigenvalue weighted by Gasteiger charge is 2.38. The Labute approximate surface area is 136 Å². The summed E-state index contributed by atoms with van der Waals surface area (Å²) in [6.45, 7) is 0. The van der Waals surface area contributed by atoms with Crippen molar-refractivity contribution in [2.45, 2.75) is 6.18 Å². The molecule has 3 N–H and O–H groups in total. The molecule has 1 aliphatic rings. The van der Waals surface area contributed by atoms with Gasteiger partial charge in [-0.15, -0.1) is 5.53 Å². The lowest BCUT2D eigenvalue weighted by molar-refractivity contribution is -0.0965. The van der Waals surface area contributed by atoms with Crippen LogP contribution in [-0.2, 0) is 0 Å². The van der Waals surface area contributed by atoms with Gasteiger partial charge in [0.15, 0.2) is 11.5 Å². The lowest BCUT2D eigenvalue weighted by atomic mass is 10.1. The summed E-state index contributed by atoms with van der Waals surface area (Å²) in [5.74, 6) is -0.914. The van der Waals surface area contributed by atoms with Crippen LogP contribution in [0.5, 0.6) is 0 Å². The van der Waals surface area contributed by atoms with Crippen molar-refractivity contribution in [1.29, 1.82) is 0 Å². The number of allylic oxidation sites excluding steroid dienone is 1. The number of rotatable bonds is 2. The van der Waals surface area contributed by atoms with Crippen LogP contribution in [0, 0.1) is 5.82 Å². The van der Waals surface area contributed by atoms with Gasteiger partial charge in [0.2, 0.25) is 0 Å². The van der Waals surface area contributed by atoms with E-state index in [-0.39, 0.29) is 22.0 Å². The number of aromatic nitrogens is 2. The number of anilines is 1. The summed E-state index contributed by atoms with van der Waals surface area (Å²) in [5.41, 5.74) is 2.26. The molecule has 1 aromatic carbocycles. The van der Waals surface area contributed by atoms with E-state index in [1.807, 2.05) is 5.43 Å². The van der Waals surface area contributed by atoms with Gasteiger partial charge in [-0.05, 0) is 12.1 Å². The molecule has 0 saturated carbocycles. The predicted octanol–water partition coefficient (Wildman–Crippen LogP) is 2.46. The molecule has 0 aliphatic carbocycles. The molecule has 1 aromatic heterocycles. The summed E-state index contributed by atoms with van der Waals surface area (Å²) < 4.78 is 52.6. The van der Waals surface area contributed by atoms with Crippen LogP contribution in [0.1, 0.15) is 0 Å². The summed E-state index contributed by atoms with van der Waals surface area (Å²) in [7, 11) is 0. The summed E-state index contributed by atoms with van der Waals surface area (Å²) in [6, 6.07) is 3.49. The third-order valence-corrected chi connectivity index (χ3v) is 3.43. The minimum Gasteiger partial charge on any atom is -0.313 e. The van der Waals surface area contributed by atoms with Crippen LogP contribution >= 0.6 is 11.6 Å². The van der Waals surface area contributed by atoms with E-state index in [9.17, 15) is 22.4 Å². The monoisotopic (exact) mass is 361 g/mol. The highest BCUT2D eigenvalue weighted by molar-refractivity contribution is 6.31. The van der Waals surface area contributed by atoms with Crippen molar-refractivity contribution >= 4 is 17.3 Å². The Morgan fingerprint density at radius 2 is 2.00 bits per heavy atom. The molecular formula is C13H8ClF4N5O. The zero-order valence-corrected chi connectivity index (χ0v) is 12.3. The number of hydrazine groups is 2. The normalized spacial score (nSPS) is 14.5. The molecule has 11 heteroatoms. The van der Waals surface area contributed by atoms with E-state index in [0.717, 1.165) is 17.4 Å². The Hall–Kier alpha value is -2.59. The third kappa shape index (κ3) is 2.93. The highest BCUT2D eigenvalue weighted by Crippen LogP contribution is 2.36. The van der Waals surface area contributed by atoms with Crippen molar-refractivity contribution < 1.29 is 17.6 Å². The van der Waals surface area contributed by atoms with Crippen LogP contribution in [0.25, 0.3) is 11.3 Å². The second-order valence-corrected chi connectivity index (χ2v) is 5.11. The van der Waals surface area contributed by atoms with E-state index >= 15 is 0 Å². The molecule has 0 fully saturated rings. The molecular weight excluding hydrogens is 354 g/mol. The number of alkyl halides is 3. The fourth-order valence-electron chi connectivity index (χ4n) is 2.08. The second-order valence-electron chi connectivity index (χ2n) is 4.70. The molecule has 0 bridgehead atoms. The Morgan fingerprint density at radius 1 is 1.25 bits per heavy atom.